The smallest absolute Gasteiger partial charge is 0.0558 e. The van der Waals surface area contributed by atoms with E-state index in [2.05, 4.69) is 18.7 Å². The molecule has 0 aromatic heterocycles. The summed E-state index contributed by atoms with van der Waals surface area (Å²) in [4.78, 5) is 2.39. The van der Waals surface area contributed by atoms with Gasteiger partial charge < -0.3 is 5.11 Å². The highest BCUT2D eigenvalue weighted by Crippen LogP contribution is 2.39. The number of hydrogen-bond donors (Lipinski definition) is 1. The molecule has 0 aliphatic carbocycles. The summed E-state index contributed by atoms with van der Waals surface area (Å²) in [6.07, 6.45) is 8.16. The second-order valence-electron chi connectivity index (χ2n) is 5.14. The zero-order chi connectivity index (χ0) is 11.1. The van der Waals surface area contributed by atoms with Crippen LogP contribution in [0.3, 0.4) is 0 Å². The number of nitrogens with zero attached hydrogens (tertiary/aromatic N) is 1. The standard InChI is InChI=1S/C13H27NO/c1-3-5-7-13(8-6-4-2)11-14(12-13)9-10-15/h15H,3-12H2,1-2H3. The molecule has 0 atom stereocenters. The first-order valence-corrected chi connectivity index (χ1v) is 6.59. The molecule has 0 unspecified atom stereocenters. The van der Waals surface area contributed by atoms with Crippen molar-refractivity contribution >= 4 is 0 Å². The van der Waals surface area contributed by atoms with Crippen molar-refractivity contribution in [2.24, 2.45) is 5.41 Å². The lowest BCUT2D eigenvalue weighted by Gasteiger charge is -2.51. The highest BCUT2D eigenvalue weighted by atomic mass is 16.3. The zero-order valence-electron chi connectivity index (χ0n) is 10.5. The van der Waals surface area contributed by atoms with Crippen LogP contribution < -0.4 is 0 Å². The molecule has 1 aliphatic heterocycles. The normalized spacial score (nSPS) is 20.2. The van der Waals surface area contributed by atoms with Gasteiger partial charge in [-0.1, -0.05) is 39.5 Å². The molecule has 2 nitrogen and oxygen atoms in total. The van der Waals surface area contributed by atoms with E-state index in [-0.39, 0.29) is 0 Å². The summed E-state index contributed by atoms with van der Waals surface area (Å²) in [5.41, 5.74) is 0.612. The van der Waals surface area contributed by atoms with Gasteiger partial charge in [0.25, 0.3) is 0 Å². The number of likely N-dealkylation sites (tertiary alicyclic amines) is 1. The minimum Gasteiger partial charge on any atom is -0.395 e. The second-order valence-corrected chi connectivity index (χ2v) is 5.14. The Morgan fingerprint density at radius 2 is 1.60 bits per heavy atom. The zero-order valence-corrected chi connectivity index (χ0v) is 10.5. The molecular weight excluding hydrogens is 186 g/mol. The fraction of sp³-hybridized carbons (Fsp3) is 1.00. The molecule has 1 N–H and O–H groups in total. The number of β-amino-alcohol motifs (C(OH)–C–C–N with tert-alkyl or cyclic N) is 1. The van der Waals surface area contributed by atoms with E-state index in [1.807, 2.05) is 0 Å². The predicted octanol–water partition coefficient (Wildman–Crippen LogP) is 2.66. The van der Waals surface area contributed by atoms with Crippen LogP contribution in [0.1, 0.15) is 52.4 Å². The summed E-state index contributed by atoms with van der Waals surface area (Å²) in [6.45, 7) is 8.20. The quantitative estimate of drug-likeness (QED) is 0.670. The molecule has 1 fully saturated rings. The van der Waals surface area contributed by atoms with Crippen LogP contribution in [-0.4, -0.2) is 36.2 Å². The molecule has 0 aromatic rings. The second kappa shape index (κ2) is 6.49. The molecule has 15 heavy (non-hydrogen) atoms. The Labute approximate surface area is 94.7 Å². The minimum absolute atomic E-state index is 0.317. The van der Waals surface area contributed by atoms with Crippen LogP contribution in [0.5, 0.6) is 0 Å². The predicted molar refractivity (Wildman–Crippen MR) is 65.0 cm³/mol. The average molecular weight is 213 g/mol. The highest BCUT2D eigenvalue weighted by Gasteiger charge is 2.40. The van der Waals surface area contributed by atoms with Crippen LogP contribution in [0.15, 0.2) is 0 Å². The summed E-state index contributed by atoms with van der Waals surface area (Å²) in [5.74, 6) is 0. The van der Waals surface area contributed by atoms with E-state index in [0.717, 1.165) is 6.54 Å². The van der Waals surface area contributed by atoms with E-state index < -0.39 is 0 Å². The van der Waals surface area contributed by atoms with Gasteiger partial charge in [0.1, 0.15) is 0 Å². The van der Waals surface area contributed by atoms with Crippen LogP contribution in [0.25, 0.3) is 0 Å². The average Bonchev–Trinajstić information content (AvgIpc) is 2.19. The largest absolute Gasteiger partial charge is 0.395 e. The molecule has 90 valence electrons. The molecule has 0 bridgehead atoms. The maximum Gasteiger partial charge on any atom is 0.0558 e. The van der Waals surface area contributed by atoms with Gasteiger partial charge in [0.15, 0.2) is 0 Å². The molecule has 1 saturated heterocycles. The molecule has 0 radical (unpaired) electrons. The topological polar surface area (TPSA) is 23.5 Å². The van der Waals surface area contributed by atoms with Gasteiger partial charge >= 0.3 is 0 Å². The van der Waals surface area contributed by atoms with Gasteiger partial charge in [0.2, 0.25) is 0 Å². The van der Waals surface area contributed by atoms with Crippen molar-refractivity contribution in [1.82, 2.24) is 4.90 Å². The number of unbranched alkanes of at least 4 members (excludes halogenated alkanes) is 2. The summed E-state index contributed by atoms with van der Waals surface area (Å²) in [7, 11) is 0. The lowest BCUT2D eigenvalue weighted by atomic mass is 9.72. The van der Waals surface area contributed by atoms with Crippen molar-refractivity contribution in [1.29, 1.82) is 0 Å². The van der Waals surface area contributed by atoms with E-state index in [1.165, 1.54) is 51.6 Å². The molecule has 1 rings (SSSR count). The summed E-state index contributed by atoms with van der Waals surface area (Å²) in [6, 6.07) is 0. The third kappa shape index (κ3) is 3.76. The van der Waals surface area contributed by atoms with E-state index >= 15 is 0 Å². The summed E-state index contributed by atoms with van der Waals surface area (Å²) >= 11 is 0. The van der Waals surface area contributed by atoms with Crippen LogP contribution in [0.4, 0.5) is 0 Å². The first-order valence-electron chi connectivity index (χ1n) is 6.59. The molecule has 2 heteroatoms. The summed E-state index contributed by atoms with van der Waals surface area (Å²) < 4.78 is 0. The maximum atomic E-state index is 8.88. The number of hydrogen-bond acceptors (Lipinski definition) is 2. The van der Waals surface area contributed by atoms with Crippen LogP contribution >= 0.6 is 0 Å². The lowest BCUT2D eigenvalue weighted by Crippen LogP contribution is -2.56. The monoisotopic (exact) mass is 213 g/mol. The van der Waals surface area contributed by atoms with Crippen LogP contribution in [0.2, 0.25) is 0 Å². The van der Waals surface area contributed by atoms with Crippen molar-refractivity contribution in [2.75, 3.05) is 26.2 Å². The van der Waals surface area contributed by atoms with Crippen molar-refractivity contribution < 1.29 is 5.11 Å². The molecule has 0 amide bonds. The van der Waals surface area contributed by atoms with E-state index in [1.54, 1.807) is 0 Å². The Morgan fingerprint density at radius 3 is 2.00 bits per heavy atom. The molecular formula is C13H27NO. The van der Waals surface area contributed by atoms with Gasteiger partial charge in [-0.25, -0.2) is 0 Å². The van der Waals surface area contributed by atoms with Gasteiger partial charge in [-0.3, -0.25) is 4.90 Å². The number of aliphatic hydroxyl groups is 1. The number of rotatable bonds is 8. The SMILES string of the molecule is CCCCC1(CCCC)CN(CCO)C1. The van der Waals surface area contributed by atoms with E-state index in [0.29, 0.717) is 12.0 Å². The molecule has 1 aliphatic rings. The molecule has 0 saturated carbocycles. The van der Waals surface area contributed by atoms with E-state index in [9.17, 15) is 0 Å². The van der Waals surface area contributed by atoms with E-state index in [4.69, 9.17) is 5.11 Å². The first kappa shape index (κ1) is 13.0. The van der Waals surface area contributed by atoms with Gasteiger partial charge in [-0.2, -0.15) is 0 Å². The molecule has 0 aromatic carbocycles. The van der Waals surface area contributed by atoms with Crippen LogP contribution in [0, 0.1) is 5.41 Å². The Bertz CT molecular complexity index is 154. The third-order valence-corrected chi connectivity index (χ3v) is 3.66. The Morgan fingerprint density at radius 1 is 1.07 bits per heavy atom. The lowest BCUT2D eigenvalue weighted by molar-refractivity contribution is -0.0245. The Hall–Kier alpha value is -0.0800. The van der Waals surface area contributed by atoms with Gasteiger partial charge in [0.05, 0.1) is 6.61 Å². The number of aliphatic hydroxyl groups excluding tert-OH is 1. The Balaban J connectivity index is 2.29. The minimum atomic E-state index is 0.317. The summed E-state index contributed by atoms with van der Waals surface area (Å²) in [5, 5.41) is 8.88. The fourth-order valence-electron chi connectivity index (χ4n) is 2.75. The third-order valence-electron chi connectivity index (χ3n) is 3.66. The maximum absolute atomic E-state index is 8.88. The van der Waals surface area contributed by atoms with Crippen LogP contribution in [-0.2, 0) is 0 Å². The highest BCUT2D eigenvalue weighted by molar-refractivity contribution is 4.94. The fourth-order valence-corrected chi connectivity index (χ4v) is 2.75. The van der Waals surface area contributed by atoms with Crippen molar-refractivity contribution in [3.63, 3.8) is 0 Å². The molecule has 0 spiro atoms. The van der Waals surface area contributed by atoms with Gasteiger partial charge in [0, 0.05) is 19.6 Å². The molecule has 1 heterocycles. The first-order chi connectivity index (χ1) is 7.26. The van der Waals surface area contributed by atoms with Gasteiger partial charge in [-0.05, 0) is 18.3 Å². The van der Waals surface area contributed by atoms with Crippen molar-refractivity contribution in [2.45, 2.75) is 52.4 Å². The Kier molecular flexibility index (Phi) is 5.62. The van der Waals surface area contributed by atoms with Crippen molar-refractivity contribution in [3.8, 4) is 0 Å². The van der Waals surface area contributed by atoms with Crippen molar-refractivity contribution in [3.05, 3.63) is 0 Å². The van der Waals surface area contributed by atoms with Gasteiger partial charge in [-0.15, -0.1) is 0 Å².